The highest BCUT2D eigenvalue weighted by molar-refractivity contribution is 5.50. The van der Waals surface area contributed by atoms with Gasteiger partial charge >= 0.3 is 0 Å². The van der Waals surface area contributed by atoms with E-state index in [9.17, 15) is 5.11 Å². The van der Waals surface area contributed by atoms with E-state index in [2.05, 4.69) is 31.0 Å². The van der Waals surface area contributed by atoms with E-state index >= 15 is 0 Å². The third-order valence-electron chi connectivity index (χ3n) is 5.34. The molecular weight excluding hydrogens is 260 g/mol. The largest absolute Gasteiger partial charge is 0.508 e. The number of aryl methyl sites for hydroxylation is 1. The smallest absolute Gasteiger partial charge is 0.120 e. The standard InChI is InChI=1S/C18H28N2O/c1-12-6-7-16(21)18-15(10-13(2)17(12)18)19-11-14(3)20-8-4-5-9-20/h6-7,13-15,19,21H,4-5,8-11H2,1-3H3. The number of benzene rings is 1. The number of nitrogens with zero attached hydrogens (tertiary/aromatic N) is 1. The van der Waals surface area contributed by atoms with Gasteiger partial charge in [-0.1, -0.05) is 13.0 Å². The summed E-state index contributed by atoms with van der Waals surface area (Å²) in [6.45, 7) is 10.2. The topological polar surface area (TPSA) is 35.5 Å². The summed E-state index contributed by atoms with van der Waals surface area (Å²) >= 11 is 0. The molecule has 21 heavy (non-hydrogen) atoms. The molecule has 0 bridgehead atoms. The molecule has 116 valence electrons. The van der Waals surface area contributed by atoms with Gasteiger partial charge in [-0.2, -0.15) is 0 Å². The molecule has 0 amide bonds. The number of phenols is 1. The molecule has 1 heterocycles. The number of hydrogen-bond donors (Lipinski definition) is 2. The maximum atomic E-state index is 10.3. The first-order chi connectivity index (χ1) is 10.1. The Morgan fingerprint density at radius 1 is 1.29 bits per heavy atom. The van der Waals surface area contributed by atoms with Crippen molar-refractivity contribution in [3.63, 3.8) is 0 Å². The van der Waals surface area contributed by atoms with E-state index in [0.717, 1.165) is 18.5 Å². The van der Waals surface area contributed by atoms with Crippen molar-refractivity contribution >= 4 is 0 Å². The predicted molar refractivity (Wildman–Crippen MR) is 86.9 cm³/mol. The van der Waals surface area contributed by atoms with Gasteiger partial charge in [-0.3, -0.25) is 4.90 Å². The van der Waals surface area contributed by atoms with E-state index in [0.29, 0.717) is 23.8 Å². The van der Waals surface area contributed by atoms with Crippen molar-refractivity contribution in [2.75, 3.05) is 19.6 Å². The SMILES string of the molecule is Cc1ccc(O)c2c1C(C)CC2NCC(C)N1CCCC1. The van der Waals surface area contributed by atoms with Crippen LogP contribution in [-0.2, 0) is 0 Å². The average Bonchev–Trinajstić information content (AvgIpc) is 3.09. The molecule has 0 aromatic heterocycles. The number of likely N-dealkylation sites (tertiary alicyclic amines) is 1. The van der Waals surface area contributed by atoms with Gasteiger partial charge in [0.2, 0.25) is 0 Å². The summed E-state index contributed by atoms with van der Waals surface area (Å²) in [6, 6.07) is 4.78. The monoisotopic (exact) mass is 288 g/mol. The number of aromatic hydroxyl groups is 1. The van der Waals surface area contributed by atoms with Gasteiger partial charge in [0.15, 0.2) is 0 Å². The number of rotatable bonds is 4. The fourth-order valence-electron chi connectivity index (χ4n) is 4.15. The molecule has 1 aliphatic heterocycles. The molecule has 2 N–H and O–H groups in total. The Balaban J connectivity index is 1.70. The molecule has 1 saturated heterocycles. The lowest BCUT2D eigenvalue weighted by atomic mass is 9.97. The Morgan fingerprint density at radius 3 is 2.71 bits per heavy atom. The normalized spacial score (nSPS) is 27.0. The van der Waals surface area contributed by atoms with Crippen molar-refractivity contribution in [3.05, 3.63) is 28.8 Å². The molecule has 3 atom stereocenters. The zero-order valence-corrected chi connectivity index (χ0v) is 13.5. The molecule has 3 unspecified atom stereocenters. The maximum absolute atomic E-state index is 10.3. The number of phenolic OH excluding ortho intramolecular Hbond substituents is 1. The van der Waals surface area contributed by atoms with Crippen molar-refractivity contribution in [2.24, 2.45) is 0 Å². The van der Waals surface area contributed by atoms with Crippen LogP contribution in [0.2, 0.25) is 0 Å². The van der Waals surface area contributed by atoms with Gasteiger partial charge in [0.25, 0.3) is 0 Å². The van der Waals surface area contributed by atoms with Crippen LogP contribution in [0.15, 0.2) is 12.1 Å². The zero-order chi connectivity index (χ0) is 15.0. The first-order valence-corrected chi connectivity index (χ1v) is 8.37. The second-order valence-electron chi connectivity index (χ2n) is 6.92. The molecule has 0 radical (unpaired) electrons. The van der Waals surface area contributed by atoms with Crippen LogP contribution >= 0.6 is 0 Å². The third kappa shape index (κ3) is 2.82. The molecule has 0 saturated carbocycles. The fourth-order valence-corrected chi connectivity index (χ4v) is 4.15. The van der Waals surface area contributed by atoms with Crippen molar-refractivity contribution in [3.8, 4) is 5.75 Å². The number of hydrogen-bond acceptors (Lipinski definition) is 3. The second-order valence-corrected chi connectivity index (χ2v) is 6.92. The van der Waals surface area contributed by atoms with Crippen LogP contribution in [0.3, 0.4) is 0 Å². The first-order valence-electron chi connectivity index (χ1n) is 8.37. The summed E-state index contributed by atoms with van der Waals surface area (Å²) in [5.74, 6) is 0.998. The Hall–Kier alpha value is -1.06. The number of fused-ring (bicyclic) bond motifs is 1. The van der Waals surface area contributed by atoms with Crippen molar-refractivity contribution in [1.82, 2.24) is 10.2 Å². The van der Waals surface area contributed by atoms with Crippen molar-refractivity contribution in [1.29, 1.82) is 0 Å². The maximum Gasteiger partial charge on any atom is 0.120 e. The van der Waals surface area contributed by atoms with E-state index < -0.39 is 0 Å². The molecule has 1 fully saturated rings. The van der Waals surface area contributed by atoms with Crippen LogP contribution < -0.4 is 5.32 Å². The number of nitrogens with one attached hydrogen (secondary N) is 1. The fraction of sp³-hybridized carbons (Fsp3) is 0.667. The highest BCUT2D eigenvalue weighted by Gasteiger charge is 2.32. The van der Waals surface area contributed by atoms with Gasteiger partial charge in [0, 0.05) is 24.2 Å². The summed E-state index contributed by atoms with van der Waals surface area (Å²) in [6.07, 6.45) is 3.78. The van der Waals surface area contributed by atoms with E-state index in [4.69, 9.17) is 0 Å². The average molecular weight is 288 g/mol. The van der Waals surface area contributed by atoms with Crippen LogP contribution in [0.4, 0.5) is 0 Å². The molecule has 0 spiro atoms. The van der Waals surface area contributed by atoms with Crippen LogP contribution in [0.5, 0.6) is 5.75 Å². The molecule has 3 rings (SSSR count). The summed E-state index contributed by atoms with van der Waals surface area (Å²) < 4.78 is 0. The minimum absolute atomic E-state index is 0.306. The molecule has 2 aliphatic rings. The van der Waals surface area contributed by atoms with E-state index in [-0.39, 0.29) is 0 Å². The molecule has 3 heteroatoms. The molecule has 1 aliphatic carbocycles. The zero-order valence-electron chi connectivity index (χ0n) is 13.5. The van der Waals surface area contributed by atoms with Crippen LogP contribution in [-0.4, -0.2) is 35.7 Å². The van der Waals surface area contributed by atoms with Crippen LogP contribution in [0.1, 0.15) is 61.8 Å². The lowest BCUT2D eigenvalue weighted by Gasteiger charge is -2.26. The third-order valence-corrected chi connectivity index (χ3v) is 5.34. The van der Waals surface area contributed by atoms with Crippen LogP contribution in [0.25, 0.3) is 0 Å². The van der Waals surface area contributed by atoms with E-state index in [1.54, 1.807) is 0 Å². The Morgan fingerprint density at radius 2 is 2.00 bits per heavy atom. The lowest BCUT2D eigenvalue weighted by Crippen LogP contribution is -2.39. The summed E-state index contributed by atoms with van der Waals surface area (Å²) in [4.78, 5) is 2.57. The highest BCUT2D eigenvalue weighted by Crippen LogP contribution is 2.45. The lowest BCUT2D eigenvalue weighted by molar-refractivity contribution is 0.244. The van der Waals surface area contributed by atoms with Gasteiger partial charge in [0.05, 0.1) is 0 Å². The molecule has 3 nitrogen and oxygen atoms in total. The Kier molecular flexibility index (Phi) is 4.23. The van der Waals surface area contributed by atoms with Crippen molar-refractivity contribution in [2.45, 2.75) is 58.0 Å². The molecular formula is C18H28N2O. The Labute approximate surface area is 128 Å². The highest BCUT2D eigenvalue weighted by atomic mass is 16.3. The minimum Gasteiger partial charge on any atom is -0.508 e. The second kappa shape index (κ2) is 5.98. The van der Waals surface area contributed by atoms with E-state index in [1.807, 2.05) is 12.1 Å². The quantitative estimate of drug-likeness (QED) is 0.892. The van der Waals surface area contributed by atoms with Gasteiger partial charge < -0.3 is 10.4 Å². The van der Waals surface area contributed by atoms with Crippen molar-refractivity contribution < 1.29 is 5.11 Å². The molecule has 1 aromatic rings. The van der Waals surface area contributed by atoms with E-state index in [1.165, 1.54) is 37.1 Å². The Bertz CT molecular complexity index is 508. The first kappa shape index (κ1) is 14.9. The minimum atomic E-state index is 0.306. The van der Waals surface area contributed by atoms with Gasteiger partial charge in [-0.15, -0.1) is 0 Å². The van der Waals surface area contributed by atoms with Gasteiger partial charge in [0.1, 0.15) is 5.75 Å². The van der Waals surface area contributed by atoms with Gasteiger partial charge in [-0.25, -0.2) is 0 Å². The predicted octanol–water partition coefficient (Wildman–Crippen LogP) is 3.32. The summed E-state index contributed by atoms with van der Waals surface area (Å²) in [5.41, 5.74) is 3.82. The summed E-state index contributed by atoms with van der Waals surface area (Å²) in [7, 11) is 0. The van der Waals surface area contributed by atoms with Crippen LogP contribution in [0, 0.1) is 6.92 Å². The molecule has 1 aromatic carbocycles. The van der Waals surface area contributed by atoms with Gasteiger partial charge in [-0.05, 0) is 69.3 Å². The summed E-state index contributed by atoms with van der Waals surface area (Å²) in [5, 5.41) is 14.0.